The molecule has 40 heavy (non-hydrogen) atoms. The SMILES string of the molecule is CCCC[S+]([O-])c1sc2nc(-c3ncccn3)nc(-c3cc(OCCOC)cc(OCCOC)c3)c2c1[N+](=O)[O-]. The van der Waals surface area contributed by atoms with Crippen LogP contribution < -0.4 is 9.47 Å². The highest BCUT2D eigenvalue weighted by Crippen LogP contribution is 2.45. The number of benzene rings is 1. The maximum atomic E-state index is 13.2. The van der Waals surface area contributed by atoms with E-state index in [1.807, 2.05) is 6.92 Å². The molecular formula is C26H29N5O7S2. The summed E-state index contributed by atoms with van der Waals surface area (Å²) in [5.74, 6) is 1.64. The molecular weight excluding hydrogens is 558 g/mol. The summed E-state index contributed by atoms with van der Waals surface area (Å²) in [6, 6.07) is 6.80. The minimum atomic E-state index is -1.58. The van der Waals surface area contributed by atoms with Crippen molar-refractivity contribution in [2.24, 2.45) is 0 Å². The fourth-order valence-corrected chi connectivity index (χ4v) is 6.60. The van der Waals surface area contributed by atoms with Crippen molar-refractivity contribution in [1.29, 1.82) is 0 Å². The number of hydrogen-bond acceptors (Lipinski definition) is 12. The molecule has 0 N–H and O–H groups in total. The molecule has 0 aliphatic carbocycles. The number of nitro groups is 1. The highest BCUT2D eigenvalue weighted by molar-refractivity contribution is 7.93. The highest BCUT2D eigenvalue weighted by atomic mass is 32.2. The third-order valence-corrected chi connectivity index (χ3v) is 8.54. The van der Waals surface area contributed by atoms with E-state index >= 15 is 0 Å². The van der Waals surface area contributed by atoms with Gasteiger partial charge in [0.25, 0.3) is 4.21 Å². The molecule has 3 heterocycles. The van der Waals surface area contributed by atoms with Gasteiger partial charge in [0.2, 0.25) is 0 Å². The molecule has 4 aromatic rings. The predicted octanol–water partition coefficient (Wildman–Crippen LogP) is 4.68. The minimum absolute atomic E-state index is 0.152. The van der Waals surface area contributed by atoms with Gasteiger partial charge in [-0.05, 0) is 24.6 Å². The molecule has 14 heteroatoms. The molecule has 3 aromatic heterocycles. The van der Waals surface area contributed by atoms with E-state index in [0.29, 0.717) is 47.3 Å². The van der Waals surface area contributed by atoms with Crippen LogP contribution in [0.4, 0.5) is 5.69 Å². The van der Waals surface area contributed by atoms with E-state index in [-0.39, 0.29) is 45.8 Å². The first-order chi connectivity index (χ1) is 19.5. The number of unbranched alkanes of at least 4 members (excludes halogenated alkanes) is 1. The van der Waals surface area contributed by atoms with Crippen LogP contribution in [-0.4, -0.2) is 75.8 Å². The molecule has 0 saturated carbocycles. The lowest BCUT2D eigenvalue weighted by Crippen LogP contribution is -2.07. The largest absolute Gasteiger partial charge is 0.611 e. The number of ether oxygens (including phenoxy) is 4. The van der Waals surface area contributed by atoms with E-state index in [0.717, 1.165) is 17.8 Å². The lowest BCUT2D eigenvalue weighted by Gasteiger charge is -2.13. The zero-order chi connectivity index (χ0) is 28.5. The fraction of sp³-hybridized carbons (Fsp3) is 0.385. The number of methoxy groups -OCH3 is 2. The number of hydrogen-bond donors (Lipinski definition) is 0. The molecule has 0 radical (unpaired) electrons. The van der Waals surface area contributed by atoms with Gasteiger partial charge in [0.15, 0.2) is 11.6 Å². The average molecular weight is 588 g/mol. The standard InChI is InChI=1S/C26H29N5O7S2/c1-4-5-13-40(34)26-22(31(32)33)20-21(29-24(30-25(20)39-26)23-27-7-6-8-28-23)17-14-18(37-11-9-35-2)16-19(15-17)38-12-10-36-3/h6-8,14-16H,4-5,9-13H2,1-3H3. The smallest absolute Gasteiger partial charge is 0.346 e. The topological polar surface area (TPSA) is 155 Å². The Labute approximate surface area is 238 Å². The predicted molar refractivity (Wildman–Crippen MR) is 151 cm³/mol. The summed E-state index contributed by atoms with van der Waals surface area (Å²) in [6.07, 6.45) is 4.60. The van der Waals surface area contributed by atoms with Crippen molar-refractivity contribution in [1.82, 2.24) is 19.9 Å². The van der Waals surface area contributed by atoms with Crippen LogP contribution in [0.15, 0.2) is 40.9 Å². The summed E-state index contributed by atoms with van der Waals surface area (Å²) in [4.78, 5) is 30.0. The Morgan fingerprint density at radius 1 is 0.950 bits per heavy atom. The Balaban J connectivity index is 1.96. The summed E-state index contributed by atoms with van der Waals surface area (Å²) in [5.41, 5.74) is 0.471. The van der Waals surface area contributed by atoms with Gasteiger partial charge in [-0.15, -0.1) is 0 Å². The van der Waals surface area contributed by atoms with Crippen LogP contribution in [0.3, 0.4) is 0 Å². The summed E-state index contributed by atoms with van der Waals surface area (Å²) in [6.45, 7) is 3.25. The summed E-state index contributed by atoms with van der Waals surface area (Å²) in [5, 5.41) is 12.6. The molecule has 0 fully saturated rings. The van der Waals surface area contributed by atoms with Crippen molar-refractivity contribution in [3.63, 3.8) is 0 Å². The number of aromatic nitrogens is 4. The van der Waals surface area contributed by atoms with Crippen LogP contribution in [0.1, 0.15) is 19.8 Å². The summed E-state index contributed by atoms with van der Waals surface area (Å²) < 4.78 is 35.3. The number of nitrogens with zero attached hydrogens (tertiary/aromatic N) is 5. The van der Waals surface area contributed by atoms with Gasteiger partial charge in [0.1, 0.15) is 40.7 Å². The van der Waals surface area contributed by atoms with Crippen molar-refractivity contribution in [2.45, 2.75) is 24.0 Å². The van der Waals surface area contributed by atoms with Gasteiger partial charge in [-0.25, -0.2) is 19.9 Å². The van der Waals surface area contributed by atoms with Crippen LogP contribution in [-0.2, 0) is 20.6 Å². The van der Waals surface area contributed by atoms with Crippen molar-refractivity contribution < 1.29 is 28.4 Å². The van der Waals surface area contributed by atoms with Gasteiger partial charge < -0.3 is 23.5 Å². The summed E-state index contributed by atoms with van der Waals surface area (Å²) >= 11 is -0.556. The second-order valence-corrected chi connectivity index (χ2v) is 11.2. The van der Waals surface area contributed by atoms with E-state index in [9.17, 15) is 14.7 Å². The van der Waals surface area contributed by atoms with Crippen LogP contribution in [0, 0.1) is 10.1 Å². The van der Waals surface area contributed by atoms with Gasteiger partial charge in [-0.3, -0.25) is 10.1 Å². The van der Waals surface area contributed by atoms with Crippen LogP contribution in [0.2, 0.25) is 0 Å². The summed E-state index contributed by atoms with van der Waals surface area (Å²) in [7, 11) is 3.14. The molecule has 12 nitrogen and oxygen atoms in total. The Morgan fingerprint density at radius 2 is 1.60 bits per heavy atom. The normalized spacial score (nSPS) is 12.0. The fourth-order valence-electron chi connectivity index (χ4n) is 3.74. The van der Waals surface area contributed by atoms with Crippen molar-refractivity contribution in [3.8, 4) is 34.4 Å². The quantitative estimate of drug-likeness (QED) is 0.0824. The lowest BCUT2D eigenvalue weighted by molar-refractivity contribution is -0.385. The van der Waals surface area contributed by atoms with Crippen LogP contribution in [0.5, 0.6) is 11.5 Å². The van der Waals surface area contributed by atoms with Gasteiger partial charge in [0, 0.05) is 49.4 Å². The third-order valence-electron chi connectivity index (χ3n) is 5.60. The second kappa shape index (κ2) is 14.3. The molecule has 1 aromatic carbocycles. The van der Waals surface area contributed by atoms with E-state index in [4.69, 9.17) is 23.9 Å². The minimum Gasteiger partial charge on any atom is -0.611 e. The van der Waals surface area contributed by atoms with Gasteiger partial charge in [-0.1, -0.05) is 24.7 Å². The van der Waals surface area contributed by atoms with Gasteiger partial charge >= 0.3 is 5.69 Å². The molecule has 0 aliphatic heterocycles. The first-order valence-corrected chi connectivity index (χ1v) is 14.6. The van der Waals surface area contributed by atoms with Crippen molar-refractivity contribution in [3.05, 3.63) is 46.8 Å². The van der Waals surface area contributed by atoms with Crippen molar-refractivity contribution >= 4 is 38.4 Å². The monoisotopic (exact) mass is 587 g/mol. The van der Waals surface area contributed by atoms with Gasteiger partial charge in [-0.2, -0.15) is 0 Å². The first kappa shape index (κ1) is 29.6. The lowest BCUT2D eigenvalue weighted by atomic mass is 10.1. The molecule has 0 aliphatic rings. The third kappa shape index (κ3) is 7.01. The maximum Gasteiger partial charge on any atom is 0.346 e. The molecule has 212 valence electrons. The van der Waals surface area contributed by atoms with E-state index in [1.165, 1.54) is 0 Å². The second-order valence-electron chi connectivity index (χ2n) is 8.42. The van der Waals surface area contributed by atoms with E-state index in [2.05, 4.69) is 15.0 Å². The van der Waals surface area contributed by atoms with Crippen LogP contribution >= 0.6 is 11.3 Å². The zero-order valence-electron chi connectivity index (χ0n) is 22.3. The molecule has 1 atom stereocenters. The molecule has 0 saturated heterocycles. The Hall–Kier alpha value is -3.43. The van der Waals surface area contributed by atoms with Gasteiger partial charge in [0.05, 0.1) is 23.8 Å². The van der Waals surface area contributed by atoms with Crippen LogP contribution in [0.25, 0.3) is 33.1 Å². The number of thiophene rings is 1. The molecule has 0 amide bonds. The highest BCUT2D eigenvalue weighted by Gasteiger charge is 2.35. The maximum absolute atomic E-state index is 13.2. The number of rotatable bonds is 15. The molecule has 1 unspecified atom stereocenters. The van der Waals surface area contributed by atoms with E-state index in [1.54, 1.807) is 50.9 Å². The van der Waals surface area contributed by atoms with Crippen molar-refractivity contribution in [2.75, 3.05) is 46.4 Å². The molecule has 0 bridgehead atoms. The Morgan fingerprint density at radius 3 is 2.17 bits per heavy atom. The Kier molecular flexibility index (Phi) is 10.5. The zero-order valence-corrected chi connectivity index (χ0v) is 24.0. The number of fused-ring (bicyclic) bond motifs is 1. The first-order valence-electron chi connectivity index (χ1n) is 12.5. The van der Waals surface area contributed by atoms with E-state index < -0.39 is 16.1 Å². The molecule has 4 rings (SSSR count). The Bertz CT molecular complexity index is 1410. The molecule has 0 spiro atoms. The average Bonchev–Trinajstić information content (AvgIpc) is 3.36.